The summed E-state index contributed by atoms with van der Waals surface area (Å²) in [5.74, 6) is 0.798. The first kappa shape index (κ1) is 29.1. The van der Waals surface area contributed by atoms with Crippen LogP contribution in [0.5, 0.6) is 0 Å². The molecule has 3 rings (SSSR count). The molecule has 0 aromatic heterocycles. The minimum Gasteiger partial charge on any atom is -0.499 e. The van der Waals surface area contributed by atoms with Crippen molar-refractivity contribution in [3.8, 4) is 11.1 Å². The molecule has 1 saturated carbocycles. The highest BCUT2D eigenvalue weighted by molar-refractivity contribution is 5.91. The maximum absolute atomic E-state index is 12.9. The van der Waals surface area contributed by atoms with Gasteiger partial charge in [0.15, 0.2) is 0 Å². The lowest BCUT2D eigenvalue weighted by atomic mass is 9.93. The van der Waals surface area contributed by atoms with E-state index in [0.717, 1.165) is 60.2 Å². The number of allylic oxidation sites excluding steroid dienone is 1. The Balaban J connectivity index is 1.58. The van der Waals surface area contributed by atoms with Gasteiger partial charge >= 0.3 is 12.2 Å². The van der Waals surface area contributed by atoms with E-state index in [2.05, 4.69) is 23.3 Å². The molecule has 0 spiro atoms. The Hall–Kier alpha value is -3.48. The van der Waals surface area contributed by atoms with Crippen LogP contribution in [0.2, 0.25) is 0 Å². The normalized spacial score (nSPS) is 17.3. The van der Waals surface area contributed by atoms with Crippen LogP contribution in [0.3, 0.4) is 0 Å². The van der Waals surface area contributed by atoms with Crippen molar-refractivity contribution >= 4 is 17.9 Å². The minimum absolute atomic E-state index is 0.0212. The molecule has 0 radical (unpaired) electrons. The molecule has 0 bridgehead atoms. The lowest BCUT2D eigenvalue weighted by molar-refractivity contribution is 0.0440. The van der Waals surface area contributed by atoms with Gasteiger partial charge in [-0.05, 0) is 83.4 Å². The van der Waals surface area contributed by atoms with Crippen LogP contribution in [0.1, 0.15) is 71.8 Å². The molecule has 38 heavy (non-hydrogen) atoms. The summed E-state index contributed by atoms with van der Waals surface area (Å²) in [7, 11) is 0. The van der Waals surface area contributed by atoms with Gasteiger partial charge in [0.05, 0.1) is 18.1 Å². The van der Waals surface area contributed by atoms with E-state index in [-0.39, 0.29) is 12.1 Å². The van der Waals surface area contributed by atoms with Crippen LogP contribution >= 0.6 is 0 Å². The molecular formula is C31H42N2O5. The van der Waals surface area contributed by atoms with Gasteiger partial charge in [0.25, 0.3) is 0 Å². The van der Waals surface area contributed by atoms with Gasteiger partial charge in [-0.3, -0.25) is 5.32 Å². The van der Waals surface area contributed by atoms with Crippen molar-refractivity contribution in [2.24, 2.45) is 0 Å². The highest BCUT2D eigenvalue weighted by atomic mass is 16.6. The topological polar surface area (TPSA) is 85.9 Å². The molecular weight excluding hydrogens is 480 g/mol. The molecule has 2 aromatic carbocycles. The molecule has 0 atom stereocenters. The molecule has 7 heteroatoms. The third kappa shape index (κ3) is 9.77. The quantitative estimate of drug-likeness (QED) is 0.314. The number of carbonyl (C=O) groups excluding carboxylic acids is 2. The van der Waals surface area contributed by atoms with E-state index in [0.29, 0.717) is 19.4 Å². The zero-order chi connectivity index (χ0) is 27.5. The van der Waals surface area contributed by atoms with Gasteiger partial charge in [0.2, 0.25) is 0 Å². The summed E-state index contributed by atoms with van der Waals surface area (Å²) in [5.41, 5.74) is 3.28. The number of aryl methyl sites for hydroxylation is 1. The molecule has 1 aliphatic carbocycles. The van der Waals surface area contributed by atoms with E-state index in [1.54, 1.807) is 0 Å². The second kappa shape index (κ2) is 13.9. The molecule has 0 unspecified atom stereocenters. The number of amides is 2. The van der Waals surface area contributed by atoms with Crippen LogP contribution in [0.15, 0.2) is 60.9 Å². The fourth-order valence-corrected chi connectivity index (χ4v) is 4.58. The number of carbonyl (C=O) groups is 2. The fraction of sp³-hybridized carbons (Fsp3) is 0.484. The monoisotopic (exact) mass is 522 g/mol. The van der Waals surface area contributed by atoms with Crippen molar-refractivity contribution in [1.29, 1.82) is 0 Å². The lowest BCUT2D eigenvalue weighted by Crippen LogP contribution is -2.42. The highest BCUT2D eigenvalue weighted by Crippen LogP contribution is 2.30. The Kier molecular flexibility index (Phi) is 10.6. The average molecular weight is 523 g/mol. The van der Waals surface area contributed by atoms with E-state index in [9.17, 15) is 9.59 Å². The van der Waals surface area contributed by atoms with Gasteiger partial charge in [0, 0.05) is 18.0 Å². The highest BCUT2D eigenvalue weighted by Gasteiger charge is 2.27. The maximum Gasteiger partial charge on any atom is 0.411 e. The van der Waals surface area contributed by atoms with Crippen molar-refractivity contribution < 1.29 is 23.8 Å². The van der Waals surface area contributed by atoms with Crippen LogP contribution in [-0.2, 0) is 20.6 Å². The van der Waals surface area contributed by atoms with Gasteiger partial charge in [-0.2, -0.15) is 0 Å². The standard InChI is InChI=1S/C31H42N2O5/c1-6-36-22(2)11-10-12-23-15-20-27(24-13-8-7-9-14-24)28(21-23)33-29(34)37-26-18-16-25(17-19-26)32-30(35)38-31(3,4)5/h7-9,13-15,20-21,25-26H,2,6,10-12,16-19H2,1,3-5H3,(H,32,35)(H,33,34). The average Bonchev–Trinajstić information content (AvgIpc) is 2.85. The molecule has 2 aromatic rings. The number of anilines is 1. The number of ether oxygens (including phenoxy) is 3. The van der Waals surface area contributed by atoms with Gasteiger partial charge < -0.3 is 19.5 Å². The molecule has 0 saturated heterocycles. The molecule has 2 amide bonds. The van der Waals surface area contributed by atoms with Crippen molar-refractivity contribution in [3.05, 3.63) is 66.4 Å². The zero-order valence-electron chi connectivity index (χ0n) is 23.2. The summed E-state index contributed by atoms with van der Waals surface area (Å²) >= 11 is 0. The van der Waals surface area contributed by atoms with E-state index in [1.807, 2.05) is 70.2 Å². The smallest absolute Gasteiger partial charge is 0.411 e. The first-order chi connectivity index (χ1) is 18.1. The summed E-state index contributed by atoms with van der Waals surface area (Å²) in [4.78, 5) is 25.0. The Morgan fingerprint density at radius 1 is 1.00 bits per heavy atom. The number of hydrogen-bond acceptors (Lipinski definition) is 5. The second-order valence-electron chi connectivity index (χ2n) is 10.7. The second-order valence-corrected chi connectivity index (χ2v) is 10.7. The van der Waals surface area contributed by atoms with Crippen LogP contribution in [0.25, 0.3) is 11.1 Å². The molecule has 0 aliphatic heterocycles. The molecule has 2 N–H and O–H groups in total. The van der Waals surface area contributed by atoms with Crippen molar-refractivity contribution in [1.82, 2.24) is 5.32 Å². The molecule has 1 aliphatic rings. The van der Waals surface area contributed by atoms with Gasteiger partial charge in [-0.15, -0.1) is 0 Å². The van der Waals surface area contributed by atoms with Gasteiger partial charge in [-0.25, -0.2) is 9.59 Å². The van der Waals surface area contributed by atoms with E-state index in [1.165, 1.54) is 0 Å². The maximum atomic E-state index is 12.9. The lowest BCUT2D eigenvalue weighted by Gasteiger charge is -2.30. The van der Waals surface area contributed by atoms with Gasteiger partial charge in [-0.1, -0.05) is 49.0 Å². The molecule has 7 nitrogen and oxygen atoms in total. The minimum atomic E-state index is -0.531. The summed E-state index contributed by atoms with van der Waals surface area (Å²) in [6.07, 6.45) is 4.32. The number of hydrogen-bond donors (Lipinski definition) is 2. The van der Waals surface area contributed by atoms with Gasteiger partial charge in [0.1, 0.15) is 11.7 Å². The first-order valence-electron chi connectivity index (χ1n) is 13.6. The number of benzene rings is 2. The van der Waals surface area contributed by atoms with Crippen molar-refractivity contribution in [2.75, 3.05) is 11.9 Å². The van der Waals surface area contributed by atoms with E-state index in [4.69, 9.17) is 14.2 Å². The molecule has 206 valence electrons. The Bertz CT molecular complexity index is 1070. The first-order valence-corrected chi connectivity index (χ1v) is 13.6. The number of nitrogens with one attached hydrogen (secondary N) is 2. The van der Waals surface area contributed by atoms with Crippen LogP contribution in [-0.4, -0.2) is 36.5 Å². The fourth-order valence-electron chi connectivity index (χ4n) is 4.58. The summed E-state index contributed by atoms with van der Waals surface area (Å²) in [5, 5.41) is 5.91. The Morgan fingerprint density at radius 2 is 1.71 bits per heavy atom. The molecule has 0 heterocycles. The third-order valence-corrected chi connectivity index (χ3v) is 6.34. The van der Waals surface area contributed by atoms with E-state index >= 15 is 0 Å². The summed E-state index contributed by atoms with van der Waals surface area (Å²) in [6, 6.07) is 16.2. The van der Waals surface area contributed by atoms with Crippen molar-refractivity contribution in [3.63, 3.8) is 0 Å². The van der Waals surface area contributed by atoms with Crippen LogP contribution in [0, 0.1) is 0 Å². The SMILES string of the molecule is C=C(CCCc1ccc(-c2ccccc2)c(NC(=O)OC2CCC(NC(=O)OC(C)(C)C)CC2)c1)OCC. The third-order valence-electron chi connectivity index (χ3n) is 6.34. The molecule has 1 fully saturated rings. The van der Waals surface area contributed by atoms with E-state index < -0.39 is 17.8 Å². The van der Waals surface area contributed by atoms with Crippen LogP contribution in [0.4, 0.5) is 15.3 Å². The number of rotatable bonds is 10. The zero-order valence-corrected chi connectivity index (χ0v) is 23.2. The summed E-state index contributed by atoms with van der Waals surface area (Å²) < 4.78 is 16.6. The number of alkyl carbamates (subject to hydrolysis) is 1. The van der Waals surface area contributed by atoms with Crippen molar-refractivity contribution in [2.45, 2.75) is 90.4 Å². The Labute approximate surface area is 226 Å². The summed E-state index contributed by atoms with van der Waals surface area (Å²) in [6.45, 7) is 12.1. The Morgan fingerprint density at radius 3 is 2.37 bits per heavy atom. The predicted molar refractivity (Wildman–Crippen MR) is 151 cm³/mol. The predicted octanol–water partition coefficient (Wildman–Crippen LogP) is 7.61. The largest absolute Gasteiger partial charge is 0.499 e. The van der Waals surface area contributed by atoms with Crippen LogP contribution < -0.4 is 10.6 Å².